The monoisotopic (exact) mass is 306 g/mol. The molecular formula is C16H22N2O2S. The number of para-hydroxylation sites is 1. The number of anilines is 1. The zero-order valence-corrected chi connectivity index (χ0v) is 13.3. The third-order valence-corrected chi connectivity index (χ3v) is 8.32. The second-order valence-corrected chi connectivity index (χ2v) is 8.88. The molecule has 0 N–H and O–H groups in total. The number of hydrogen-bond donors (Lipinski definition) is 0. The Morgan fingerprint density at radius 1 is 1.14 bits per heavy atom. The molecule has 4 nitrogen and oxygen atoms in total. The summed E-state index contributed by atoms with van der Waals surface area (Å²) >= 11 is 0. The Hall–Kier alpha value is -1.07. The predicted molar refractivity (Wildman–Crippen MR) is 83.9 cm³/mol. The van der Waals surface area contributed by atoms with Gasteiger partial charge in [0.2, 0.25) is 10.0 Å². The first-order valence-corrected chi connectivity index (χ1v) is 9.32. The summed E-state index contributed by atoms with van der Waals surface area (Å²) in [6.45, 7) is 1.82. The Bertz CT molecular complexity index is 659. The van der Waals surface area contributed by atoms with Gasteiger partial charge in [-0.05, 0) is 37.3 Å². The van der Waals surface area contributed by atoms with Crippen molar-refractivity contribution in [3.8, 4) is 0 Å². The maximum atomic E-state index is 13.0. The molecule has 2 aliphatic heterocycles. The molecule has 0 radical (unpaired) electrons. The third-order valence-electron chi connectivity index (χ3n) is 5.79. The van der Waals surface area contributed by atoms with Crippen LogP contribution in [0.3, 0.4) is 0 Å². The number of fused-ring (bicyclic) bond motifs is 2. The van der Waals surface area contributed by atoms with E-state index in [1.165, 1.54) is 23.6 Å². The predicted octanol–water partition coefficient (Wildman–Crippen LogP) is 2.31. The van der Waals surface area contributed by atoms with Gasteiger partial charge in [-0.15, -0.1) is 0 Å². The van der Waals surface area contributed by atoms with Crippen molar-refractivity contribution >= 4 is 15.7 Å². The second-order valence-electron chi connectivity index (χ2n) is 6.60. The first-order chi connectivity index (χ1) is 10.1. The molecule has 1 aliphatic carbocycles. The highest BCUT2D eigenvalue weighted by molar-refractivity contribution is 7.94. The Morgan fingerprint density at radius 2 is 1.81 bits per heavy atom. The van der Waals surface area contributed by atoms with Crippen LogP contribution in [0.4, 0.5) is 5.69 Å². The van der Waals surface area contributed by atoms with Gasteiger partial charge in [0.15, 0.2) is 0 Å². The molecule has 21 heavy (non-hydrogen) atoms. The topological polar surface area (TPSA) is 40.6 Å². The fourth-order valence-electron chi connectivity index (χ4n) is 4.19. The van der Waals surface area contributed by atoms with Crippen molar-refractivity contribution in [3.63, 3.8) is 0 Å². The zero-order valence-electron chi connectivity index (χ0n) is 12.5. The molecule has 114 valence electrons. The summed E-state index contributed by atoms with van der Waals surface area (Å²) in [6.07, 6.45) is 5.36. The van der Waals surface area contributed by atoms with E-state index in [0.29, 0.717) is 6.04 Å². The number of benzene rings is 1. The van der Waals surface area contributed by atoms with Crippen LogP contribution in [0.15, 0.2) is 24.3 Å². The summed E-state index contributed by atoms with van der Waals surface area (Å²) in [4.78, 5) is 2.51. The number of nitrogens with zero attached hydrogens (tertiary/aromatic N) is 2. The molecule has 0 bridgehead atoms. The number of piperidine rings is 1. The van der Waals surface area contributed by atoms with Crippen molar-refractivity contribution in [2.75, 3.05) is 24.4 Å². The average molecular weight is 306 g/mol. The summed E-state index contributed by atoms with van der Waals surface area (Å²) in [7, 11) is -1.58. The molecule has 3 aliphatic rings. The van der Waals surface area contributed by atoms with Crippen LogP contribution < -0.4 is 4.31 Å². The van der Waals surface area contributed by atoms with Crippen molar-refractivity contribution in [1.29, 1.82) is 0 Å². The molecular weight excluding hydrogens is 284 g/mol. The molecule has 1 spiro atoms. The van der Waals surface area contributed by atoms with Gasteiger partial charge in [0, 0.05) is 26.2 Å². The summed E-state index contributed by atoms with van der Waals surface area (Å²) in [6, 6.07) is 8.54. The number of sulfonamides is 1. The normalized spacial score (nSPS) is 27.6. The lowest BCUT2D eigenvalue weighted by Crippen LogP contribution is -2.51. The van der Waals surface area contributed by atoms with E-state index in [9.17, 15) is 8.42 Å². The average Bonchev–Trinajstić information content (AvgIpc) is 2.60. The highest BCUT2D eigenvalue weighted by Crippen LogP contribution is 2.52. The van der Waals surface area contributed by atoms with Crippen molar-refractivity contribution in [2.24, 2.45) is 0 Å². The van der Waals surface area contributed by atoms with Gasteiger partial charge in [-0.2, -0.15) is 0 Å². The van der Waals surface area contributed by atoms with Gasteiger partial charge in [-0.1, -0.05) is 24.6 Å². The molecule has 1 saturated carbocycles. The van der Waals surface area contributed by atoms with Gasteiger partial charge in [0.1, 0.15) is 4.75 Å². The molecule has 5 heteroatoms. The van der Waals surface area contributed by atoms with Crippen LogP contribution in [0.2, 0.25) is 0 Å². The van der Waals surface area contributed by atoms with Crippen molar-refractivity contribution in [2.45, 2.75) is 42.9 Å². The fourth-order valence-corrected chi connectivity index (χ4v) is 6.28. The van der Waals surface area contributed by atoms with Gasteiger partial charge < -0.3 is 4.90 Å². The van der Waals surface area contributed by atoms with Crippen LogP contribution in [-0.4, -0.2) is 39.5 Å². The van der Waals surface area contributed by atoms with E-state index in [0.717, 1.165) is 37.2 Å². The SMILES string of the molecule is CN1c2ccccc2C2(CCN(C3CCC3)CC2)S1(=O)=O. The van der Waals surface area contributed by atoms with Crippen LogP contribution in [0.5, 0.6) is 0 Å². The molecule has 2 fully saturated rings. The molecule has 1 aromatic rings. The Morgan fingerprint density at radius 3 is 2.43 bits per heavy atom. The second kappa shape index (κ2) is 4.46. The maximum Gasteiger partial charge on any atom is 0.245 e. The Balaban J connectivity index is 1.70. The third kappa shape index (κ3) is 1.67. The van der Waals surface area contributed by atoms with Gasteiger partial charge in [-0.3, -0.25) is 4.31 Å². The minimum absolute atomic E-state index is 0.682. The van der Waals surface area contributed by atoms with Gasteiger partial charge >= 0.3 is 0 Å². The molecule has 0 atom stereocenters. The van der Waals surface area contributed by atoms with Crippen molar-refractivity contribution in [1.82, 2.24) is 4.90 Å². The molecule has 0 unspecified atom stereocenters. The van der Waals surface area contributed by atoms with E-state index in [1.54, 1.807) is 7.05 Å². The molecule has 1 saturated heterocycles. The van der Waals surface area contributed by atoms with E-state index >= 15 is 0 Å². The Kier molecular flexibility index (Phi) is 2.89. The largest absolute Gasteiger partial charge is 0.300 e. The van der Waals surface area contributed by atoms with Crippen LogP contribution in [0.1, 0.15) is 37.7 Å². The smallest absolute Gasteiger partial charge is 0.245 e. The molecule has 2 heterocycles. The van der Waals surface area contributed by atoms with E-state index in [-0.39, 0.29) is 0 Å². The van der Waals surface area contributed by atoms with Gasteiger partial charge in [0.25, 0.3) is 0 Å². The first-order valence-electron chi connectivity index (χ1n) is 7.88. The summed E-state index contributed by atoms with van der Waals surface area (Å²) < 4.78 is 26.8. The van der Waals surface area contributed by atoms with Crippen molar-refractivity contribution < 1.29 is 8.42 Å². The van der Waals surface area contributed by atoms with Crippen LogP contribution in [0, 0.1) is 0 Å². The number of likely N-dealkylation sites (tertiary alicyclic amines) is 1. The van der Waals surface area contributed by atoms with E-state index in [1.807, 2.05) is 24.3 Å². The van der Waals surface area contributed by atoms with Crippen molar-refractivity contribution in [3.05, 3.63) is 29.8 Å². The molecule has 1 aromatic carbocycles. The maximum absolute atomic E-state index is 13.0. The lowest BCUT2D eigenvalue weighted by atomic mass is 9.84. The molecule has 0 amide bonds. The summed E-state index contributed by atoms with van der Waals surface area (Å²) in [5.74, 6) is 0. The molecule has 4 rings (SSSR count). The van der Waals surface area contributed by atoms with Gasteiger partial charge in [0.05, 0.1) is 5.69 Å². The number of rotatable bonds is 1. The standard InChI is InChI=1S/C16H22N2O2S/c1-17-15-8-3-2-7-14(15)16(21(17,19)20)9-11-18(12-10-16)13-5-4-6-13/h2-3,7-8,13H,4-6,9-12H2,1H3. The minimum atomic E-state index is -3.28. The summed E-state index contributed by atoms with van der Waals surface area (Å²) in [5.41, 5.74) is 1.88. The Labute approximate surface area is 126 Å². The first kappa shape index (κ1) is 13.6. The lowest BCUT2D eigenvalue weighted by Gasteiger charge is -2.45. The van der Waals surface area contributed by atoms with E-state index in [2.05, 4.69) is 4.90 Å². The zero-order chi connectivity index (χ0) is 14.7. The van der Waals surface area contributed by atoms with Gasteiger partial charge in [-0.25, -0.2) is 8.42 Å². The van der Waals surface area contributed by atoms with Crippen LogP contribution in [0.25, 0.3) is 0 Å². The quantitative estimate of drug-likeness (QED) is 0.799. The lowest BCUT2D eigenvalue weighted by molar-refractivity contribution is 0.0906. The summed E-state index contributed by atoms with van der Waals surface area (Å²) in [5, 5.41) is 0. The fraction of sp³-hybridized carbons (Fsp3) is 0.625. The van der Waals surface area contributed by atoms with E-state index in [4.69, 9.17) is 0 Å². The van der Waals surface area contributed by atoms with Crippen LogP contribution >= 0.6 is 0 Å². The molecule has 0 aromatic heterocycles. The highest BCUT2D eigenvalue weighted by Gasteiger charge is 2.56. The number of hydrogen-bond acceptors (Lipinski definition) is 3. The van der Waals surface area contributed by atoms with Crippen LogP contribution in [-0.2, 0) is 14.8 Å². The van der Waals surface area contributed by atoms with E-state index < -0.39 is 14.8 Å². The minimum Gasteiger partial charge on any atom is -0.300 e. The highest BCUT2D eigenvalue weighted by atomic mass is 32.2.